The summed E-state index contributed by atoms with van der Waals surface area (Å²) in [6.45, 7) is 1.99. The largest absolute Gasteiger partial charge is 0.253 e. The molecule has 0 amide bonds. The van der Waals surface area contributed by atoms with E-state index < -0.39 is 0 Å². The third-order valence-corrected chi connectivity index (χ3v) is 1.49. The van der Waals surface area contributed by atoms with Gasteiger partial charge in [-0.25, -0.2) is 9.97 Å². The van der Waals surface area contributed by atoms with Gasteiger partial charge in [0.05, 0.1) is 11.7 Å². The number of hydrogen-bond acceptors (Lipinski definition) is 3. The molecule has 3 nitrogen and oxygen atoms in total. The lowest BCUT2D eigenvalue weighted by atomic mass is 10.3. The molecule has 0 unspecified atom stereocenters. The smallest absolute Gasteiger partial charge is 0.116 e. The minimum absolute atomic E-state index is 0.845. The number of fused-ring (bicyclic) bond motifs is 1. The minimum atomic E-state index is 0.845. The van der Waals surface area contributed by atoms with Gasteiger partial charge in [-0.2, -0.15) is 0 Å². The molecule has 0 saturated carbocycles. The molecular weight excluding hydrogens is 138 g/mol. The molecule has 0 aliphatic rings. The predicted molar refractivity (Wildman–Crippen MR) is 42.1 cm³/mol. The summed E-state index contributed by atoms with van der Waals surface area (Å²) in [7, 11) is 0. The van der Waals surface area contributed by atoms with E-state index in [0.29, 0.717) is 0 Å². The molecule has 54 valence electrons. The minimum Gasteiger partial charge on any atom is -0.253 e. The van der Waals surface area contributed by atoms with Gasteiger partial charge in [0.15, 0.2) is 0 Å². The average Bonchev–Trinajstić information content (AvgIpc) is 2.04. The maximum atomic E-state index is 4.16. The molecule has 2 heterocycles. The van der Waals surface area contributed by atoms with Gasteiger partial charge < -0.3 is 0 Å². The molecule has 0 spiro atoms. The second-order valence-electron chi connectivity index (χ2n) is 2.44. The highest BCUT2D eigenvalue weighted by molar-refractivity contribution is 5.72. The first-order chi connectivity index (χ1) is 5.36. The summed E-state index contributed by atoms with van der Waals surface area (Å²) in [5.74, 6) is 0. The Bertz CT molecular complexity index is 384. The second kappa shape index (κ2) is 2.27. The monoisotopic (exact) mass is 145 g/mol. The maximum Gasteiger partial charge on any atom is 0.116 e. The highest BCUT2D eigenvalue weighted by Crippen LogP contribution is 2.06. The van der Waals surface area contributed by atoms with Gasteiger partial charge in [-0.1, -0.05) is 0 Å². The van der Waals surface area contributed by atoms with E-state index in [0.717, 1.165) is 16.6 Å². The Balaban J connectivity index is 2.83. The number of hydrogen-bond donors (Lipinski definition) is 0. The SMILES string of the molecule is Cc1cnc2cncnc2c1. The van der Waals surface area contributed by atoms with Crippen molar-refractivity contribution in [1.82, 2.24) is 15.0 Å². The number of aryl methyl sites for hydroxylation is 1. The quantitative estimate of drug-likeness (QED) is 0.561. The van der Waals surface area contributed by atoms with E-state index >= 15 is 0 Å². The summed E-state index contributed by atoms with van der Waals surface area (Å²) in [6.07, 6.45) is 5.05. The molecule has 0 radical (unpaired) electrons. The highest BCUT2D eigenvalue weighted by atomic mass is 14.8. The van der Waals surface area contributed by atoms with Crippen LogP contribution in [0, 0.1) is 6.92 Å². The second-order valence-corrected chi connectivity index (χ2v) is 2.44. The van der Waals surface area contributed by atoms with Gasteiger partial charge in [0.2, 0.25) is 0 Å². The molecule has 0 aromatic carbocycles. The van der Waals surface area contributed by atoms with Crippen molar-refractivity contribution in [1.29, 1.82) is 0 Å². The van der Waals surface area contributed by atoms with Crippen LogP contribution in [0.25, 0.3) is 11.0 Å². The molecule has 11 heavy (non-hydrogen) atoms. The van der Waals surface area contributed by atoms with Crippen molar-refractivity contribution in [3.63, 3.8) is 0 Å². The molecular formula is C8H7N3. The molecule has 0 aliphatic carbocycles. The maximum absolute atomic E-state index is 4.16. The Morgan fingerprint density at radius 1 is 1.09 bits per heavy atom. The fourth-order valence-corrected chi connectivity index (χ4v) is 0.967. The van der Waals surface area contributed by atoms with Crippen LogP contribution in [0.15, 0.2) is 24.8 Å². The molecule has 2 aromatic heterocycles. The molecule has 0 aliphatic heterocycles. The lowest BCUT2D eigenvalue weighted by Crippen LogP contribution is -1.84. The summed E-state index contributed by atoms with van der Waals surface area (Å²) >= 11 is 0. The molecule has 3 heteroatoms. The molecule has 0 saturated heterocycles. The summed E-state index contributed by atoms with van der Waals surface area (Å²) in [5, 5.41) is 0. The zero-order valence-electron chi connectivity index (χ0n) is 6.15. The van der Waals surface area contributed by atoms with Gasteiger partial charge >= 0.3 is 0 Å². The van der Waals surface area contributed by atoms with Crippen LogP contribution in [0.5, 0.6) is 0 Å². The first-order valence-electron chi connectivity index (χ1n) is 3.38. The van der Waals surface area contributed by atoms with Crippen LogP contribution in [0.3, 0.4) is 0 Å². The van der Waals surface area contributed by atoms with E-state index in [9.17, 15) is 0 Å². The van der Waals surface area contributed by atoms with E-state index in [1.165, 1.54) is 6.33 Å². The Kier molecular flexibility index (Phi) is 1.28. The molecule has 2 rings (SSSR count). The van der Waals surface area contributed by atoms with Crippen LogP contribution in [0.1, 0.15) is 5.56 Å². The normalized spacial score (nSPS) is 10.3. The summed E-state index contributed by atoms with van der Waals surface area (Å²) in [6, 6.07) is 1.99. The first-order valence-corrected chi connectivity index (χ1v) is 3.38. The third-order valence-electron chi connectivity index (χ3n) is 1.49. The van der Waals surface area contributed by atoms with Crippen molar-refractivity contribution < 1.29 is 0 Å². The predicted octanol–water partition coefficient (Wildman–Crippen LogP) is 1.33. The highest BCUT2D eigenvalue weighted by Gasteiger charge is 1.93. The van der Waals surface area contributed by atoms with Gasteiger partial charge in [0.25, 0.3) is 0 Å². The fourth-order valence-electron chi connectivity index (χ4n) is 0.967. The number of aromatic nitrogens is 3. The van der Waals surface area contributed by atoms with Crippen LogP contribution >= 0.6 is 0 Å². The van der Waals surface area contributed by atoms with Gasteiger partial charge in [-0.05, 0) is 18.6 Å². The van der Waals surface area contributed by atoms with Crippen LogP contribution in [0.2, 0.25) is 0 Å². The van der Waals surface area contributed by atoms with Crippen molar-refractivity contribution in [2.75, 3.05) is 0 Å². The van der Waals surface area contributed by atoms with Crippen molar-refractivity contribution in [2.24, 2.45) is 0 Å². The lowest BCUT2D eigenvalue weighted by molar-refractivity contribution is 1.19. The van der Waals surface area contributed by atoms with E-state index in [-0.39, 0.29) is 0 Å². The van der Waals surface area contributed by atoms with Crippen LogP contribution in [-0.2, 0) is 0 Å². The van der Waals surface area contributed by atoms with Crippen LogP contribution in [0.4, 0.5) is 0 Å². The van der Waals surface area contributed by atoms with Crippen LogP contribution in [-0.4, -0.2) is 15.0 Å². The van der Waals surface area contributed by atoms with Gasteiger partial charge in [-0.15, -0.1) is 0 Å². The zero-order chi connectivity index (χ0) is 7.68. The summed E-state index contributed by atoms with van der Waals surface area (Å²) in [4.78, 5) is 12.1. The summed E-state index contributed by atoms with van der Waals surface area (Å²) < 4.78 is 0. The van der Waals surface area contributed by atoms with Crippen molar-refractivity contribution in [2.45, 2.75) is 6.92 Å². The molecule has 0 bridgehead atoms. The van der Waals surface area contributed by atoms with E-state index in [1.54, 1.807) is 6.20 Å². The summed E-state index contributed by atoms with van der Waals surface area (Å²) in [5.41, 5.74) is 2.87. The Morgan fingerprint density at radius 3 is 2.91 bits per heavy atom. The number of nitrogens with zero attached hydrogens (tertiary/aromatic N) is 3. The van der Waals surface area contributed by atoms with E-state index in [4.69, 9.17) is 0 Å². The lowest BCUT2D eigenvalue weighted by Gasteiger charge is -1.94. The van der Waals surface area contributed by atoms with Gasteiger partial charge in [0, 0.05) is 6.20 Å². The zero-order valence-corrected chi connectivity index (χ0v) is 6.15. The fraction of sp³-hybridized carbons (Fsp3) is 0.125. The molecule has 0 N–H and O–H groups in total. The molecule has 2 aromatic rings. The Hall–Kier alpha value is -1.51. The number of rotatable bonds is 0. The molecule has 0 fully saturated rings. The van der Waals surface area contributed by atoms with Gasteiger partial charge in [-0.3, -0.25) is 4.98 Å². The molecule has 0 atom stereocenters. The Morgan fingerprint density at radius 2 is 2.00 bits per heavy atom. The topological polar surface area (TPSA) is 38.7 Å². The van der Waals surface area contributed by atoms with Crippen molar-refractivity contribution in [3.8, 4) is 0 Å². The Labute approximate surface area is 64.1 Å². The standard InChI is InChI=1S/C8H7N3/c1-6-2-7-8(10-3-6)4-9-5-11-7/h2-5H,1H3. The van der Waals surface area contributed by atoms with Crippen molar-refractivity contribution >= 4 is 11.0 Å². The van der Waals surface area contributed by atoms with E-state index in [1.807, 2.05) is 19.2 Å². The van der Waals surface area contributed by atoms with Crippen molar-refractivity contribution in [3.05, 3.63) is 30.4 Å². The average molecular weight is 145 g/mol. The van der Waals surface area contributed by atoms with Crippen LogP contribution < -0.4 is 0 Å². The van der Waals surface area contributed by atoms with E-state index in [2.05, 4.69) is 15.0 Å². The number of pyridine rings is 1. The first kappa shape index (κ1) is 6.22. The third kappa shape index (κ3) is 1.05. The van der Waals surface area contributed by atoms with Gasteiger partial charge in [0.1, 0.15) is 11.8 Å².